The van der Waals surface area contributed by atoms with Crippen LogP contribution in [0.1, 0.15) is 38.3 Å². The molecule has 7 heteroatoms. The Labute approximate surface area is 141 Å². The predicted molar refractivity (Wildman–Crippen MR) is 90.5 cm³/mol. The van der Waals surface area contributed by atoms with E-state index in [4.69, 9.17) is 0 Å². The van der Waals surface area contributed by atoms with Crippen molar-refractivity contribution in [1.82, 2.24) is 25.0 Å². The van der Waals surface area contributed by atoms with Gasteiger partial charge in [0.05, 0.1) is 11.7 Å². The Kier molecular flexibility index (Phi) is 6.06. The van der Waals surface area contributed by atoms with Crippen molar-refractivity contribution >= 4 is 11.8 Å². The Morgan fingerprint density at radius 1 is 1.29 bits per heavy atom. The van der Waals surface area contributed by atoms with Crippen LogP contribution in [0.2, 0.25) is 0 Å². The Bertz CT molecular complexity index is 667. The van der Waals surface area contributed by atoms with Crippen LogP contribution in [0.25, 0.3) is 5.69 Å². The first kappa shape index (κ1) is 17.7. The molecule has 1 aromatic heterocycles. The molecule has 2 aromatic rings. The summed E-state index contributed by atoms with van der Waals surface area (Å²) >= 11 is 0. The smallest absolute Gasteiger partial charge is 0.222 e. The number of aromatic nitrogens is 3. The molecule has 1 aromatic carbocycles. The molecule has 0 saturated heterocycles. The summed E-state index contributed by atoms with van der Waals surface area (Å²) in [6.45, 7) is 3.99. The second kappa shape index (κ2) is 8.24. The van der Waals surface area contributed by atoms with E-state index in [0.717, 1.165) is 11.3 Å². The van der Waals surface area contributed by atoms with E-state index in [0.29, 0.717) is 19.4 Å². The van der Waals surface area contributed by atoms with Gasteiger partial charge in [0.2, 0.25) is 11.8 Å². The summed E-state index contributed by atoms with van der Waals surface area (Å²) in [5.41, 5.74) is 1.98. The van der Waals surface area contributed by atoms with Crippen molar-refractivity contribution < 1.29 is 9.59 Å². The van der Waals surface area contributed by atoms with Gasteiger partial charge in [0, 0.05) is 26.9 Å². The number of carbonyl (C=O) groups is 2. The van der Waals surface area contributed by atoms with Gasteiger partial charge in [-0.15, -0.1) is 0 Å². The molecular formula is C17H23N5O2. The van der Waals surface area contributed by atoms with Gasteiger partial charge in [0.1, 0.15) is 12.7 Å². The van der Waals surface area contributed by atoms with E-state index in [1.807, 2.05) is 31.2 Å². The topological polar surface area (TPSA) is 80.1 Å². The van der Waals surface area contributed by atoms with Gasteiger partial charge in [-0.1, -0.05) is 12.1 Å². The minimum absolute atomic E-state index is 0.0249. The zero-order chi connectivity index (χ0) is 17.5. The number of amides is 2. The minimum Gasteiger partial charge on any atom is -0.356 e. The Hall–Kier alpha value is -2.70. The van der Waals surface area contributed by atoms with Crippen LogP contribution in [-0.2, 0) is 9.59 Å². The summed E-state index contributed by atoms with van der Waals surface area (Å²) in [6, 6.07) is 7.86. The second-order valence-corrected chi connectivity index (χ2v) is 5.70. The molecule has 1 heterocycles. The van der Waals surface area contributed by atoms with Crippen LogP contribution >= 0.6 is 0 Å². The third kappa shape index (κ3) is 4.65. The zero-order valence-corrected chi connectivity index (χ0v) is 14.3. The van der Waals surface area contributed by atoms with Gasteiger partial charge in [-0.2, -0.15) is 5.10 Å². The molecule has 0 saturated carbocycles. The maximum Gasteiger partial charge on any atom is 0.222 e. The van der Waals surface area contributed by atoms with Gasteiger partial charge < -0.3 is 10.2 Å². The molecule has 1 N–H and O–H groups in total. The zero-order valence-electron chi connectivity index (χ0n) is 14.3. The number of hydrogen-bond donors (Lipinski definition) is 1. The van der Waals surface area contributed by atoms with E-state index in [1.165, 1.54) is 13.3 Å². The van der Waals surface area contributed by atoms with Crippen LogP contribution in [0, 0.1) is 0 Å². The van der Waals surface area contributed by atoms with Gasteiger partial charge in [0.25, 0.3) is 0 Å². The molecule has 0 fully saturated rings. The molecule has 2 amide bonds. The van der Waals surface area contributed by atoms with E-state index in [1.54, 1.807) is 23.0 Å². The molecular weight excluding hydrogens is 306 g/mol. The molecule has 7 nitrogen and oxygen atoms in total. The average Bonchev–Trinajstić information content (AvgIpc) is 3.11. The lowest BCUT2D eigenvalue weighted by molar-refractivity contribution is -0.132. The summed E-state index contributed by atoms with van der Waals surface area (Å²) in [5, 5.41) is 6.79. The van der Waals surface area contributed by atoms with E-state index in [-0.39, 0.29) is 17.9 Å². The van der Waals surface area contributed by atoms with Crippen LogP contribution in [-0.4, -0.2) is 45.1 Å². The number of nitrogens with one attached hydrogen (secondary N) is 1. The fourth-order valence-corrected chi connectivity index (χ4v) is 2.37. The fourth-order valence-electron chi connectivity index (χ4n) is 2.37. The maximum absolute atomic E-state index is 12.2. The molecule has 0 aliphatic carbocycles. The quantitative estimate of drug-likeness (QED) is 0.784. The normalized spacial score (nSPS) is 11.8. The fraction of sp³-hybridized carbons (Fsp3) is 0.412. The maximum atomic E-state index is 12.2. The van der Waals surface area contributed by atoms with Gasteiger partial charge in [0.15, 0.2) is 0 Å². The van der Waals surface area contributed by atoms with E-state index < -0.39 is 0 Å². The molecule has 1 atom stereocenters. The van der Waals surface area contributed by atoms with Crippen LogP contribution in [0.5, 0.6) is 0 Å². The molecule has 24 heavy (non-hydrogen) atoms. The molecule has 2 rings (SSSR count). The Morgan fingerprint density at radius 3 is 2.58 bits per heavy atom. The third-order valence-electron chi connectivity index (χ3n) is 3.97. The number of nitrogens with zero attached hydrogens (tertiary/aromatic N) is 4. The monoisotopic (exact) mass is 329 g/mol. The number of benzene rings is 1. The second-order valence-electron chi connectivity index (χ2n) is 5.70. The van der Waals surface area contributed by atoms with Crippen LogP contribution in [0.3, 0.4) is 0 Å². The lowest BCUT2D eigenvalue weighted by Crippen LogP contribution is -2.30. The minimum atomic E-state index is -0.0726. The first-order valence-electron chi connectivity index (χ1n) is 7.94. The highest BCUT2D eigenvalue weighted by molar-refractivity contribution is 5.76. The summed E-state index contributed by atoms with van der Waals surface area (Å²) in [6.07, 6.45) is 4.19. The average molecular weight is 329 g/mol. The molecule has 0 radical (unpaired) electrons. The van der Waals surface area contributed by atoms with Crippen molar-refractivity contribution in [1.29, 1.82) is 0 Å². The highest BCUT2D eigenvalue weighted by atomic mass is 16.2. The number of rotatable bonds is 7. The van der Waals surface area contributed by atoms with Crippen LogP contribution < -0.4 is 5.32 Å². The summed E-state index contributed by atoms with van der Waals surface area (Å²) in [7, 11) is 1.80. The number of hydrogen-bond acceptors (Lipinski definition) is 4. The molecule has 128 valence electrons. The lowest BCUT2D eigenvalue weighted by Gasteiger charge is -2.25. The van der Waals surface area contributed by atoms with Crippen LogP contribution in [0.4, 0.5) is 0 Å². The van der Waals surface area contributed by atoms with E-state index in [9.17, 15) is 9.59 Å². The van der Waals surface area contributed by atoms with Crippen molar-refractivity contribution in [3.63, 3.8) is 0 Å². The summed E-state index contributed by atoms with van der Waals surface area (Å²) < 4.78 is 1.69. The van der Waals surface area contributed by atoms with Gasteiger partial charge in [-0.25, -0.2) is 9.67 Å². The molecule has 0 bridgehead atoms. The van der Waals surface area contributed by atoms with Gasteiger partial charge >= 0.3 is 0 Å². The van der Waals surface area contributed by atoms with Crippen molar-refractivity contribution in [3.8, 4) is 5.69 Å². The van der Waals surface area contributed by atoms with Crippen LogP contribution in [0.15, 0.2) is 36.9 Å². The Morgan fingerprint density at radius 2 is 2.00 bits per heavy atom. The van der Waals surface area contributed by atoms with E-state index in [2.05, 4.69) is 15.4 Å². The van der Waals surface area contributed by atoms with Gasteiger partial charge in [-0.05, 0) is 31.0 Å². The number of carbonyl (C=O) groups excluding carboxylic acids is 2. The third-order valence-corrected chi connectivity index (χ3v) is 3.97. The largest absolute Gasteiger partial charge is 0.356 e. The first-order valence-corrected chi connectivity index (χ1v) is 7.94. The molecule has 0 aliphatic rings. The van der Waals surface area contributed by atoms with Gasteiger partial charge in [-0.3, -0.25) is 9.59 Å². The Balaban J connectivity index is 1.91. The summed E-state index contributed by atoms with van der Waals surface area (Å²) in [4.78, 5) is 28.7. The highest BCUT2D eigenvalue weighted by Crippen LogP contribution is 2.21. The summed E-state index contributed by atoms with van der Waals surface area (Å²) in [5.74, 6) is -0.00940. The van der Waals surface area contributed by atoms with Crippen molar-refractivity contribution in [2.45, 2.75) is 32.7 Å². The van der Waals surface area contributed by atoms with Crippen molar-refractivity contribution in [2.75, 3.05) is 13.6 Å². The molecule has 0 unspecified atom stereocenters. The standard InChI is InChI=1S/C17H23N5O2/c1-13(21(3)17(24)5-4-10-19-14(2)23)15-6-8-16(9-7-15)22-12-18-11-20-22/h6-9,11-13H,4-5,10H2,1-3H3,(H,19,23)/t13-/m0/s1. The van der Waals surface area contributed by atoms with Crippen molar-refractivity contribution in [2.24, 2.45) is 0 Å². The molecule has 0 aliphatic heterocycles. The molecule has 0 spiro atoms. The lowest BCUT2D eigenvalue weighted by atomic mass is 10.1. The predicted octanol–water partition coefficient (Wildman–Crippen LogP) is 1.70. The highest BCUT2D eigenvalue weighted by Gasteiger charge is 2.17. The van der Waals surface area contributed by atoms with E-state index >= 15 is 0 Å². The van der Waals surface area contributed by atoms with Crippen molar-refractivity contribution in [3.05, 3.63) is 42.5 Å². The SMILES string of the molecule is CC(=O)NCCCC(=O)N(C)[C@@H](C)c1ccc(-n2cncn2)cc1. The first-order chi connectivity index (χ1) is 11.5.